The average molecular weight is 251 g/mol. The van der Waals surface area contributed by atoms with Gasteiger partial charge in [-0.1, -0.05) is 11.8 Å². The van der Waals surface area contributed by atoms with Crippen LogP contribution in [0.15, 0.2) is 34.6 Å². The van der Waals surface area contributed by atoms with Gasteiger partial charge in [-0.15, -0.1) is 0 Å². The highest BCUT2D eigenvalue weighted by molar-refractivity contribution is 7.99. The lowest BCUT2D eigenvalue weighted by Crippen LogP contribution is -1.96. The van der Waals surface area contributed by atoms with Crippen molar-refractivity contribution < 1.29 is 4.92 Å². The first-order valence-electron chi connectivity index (χ1n) is 4.63. The van der Waals surface area contributed by atoms with Crippen molar-refractivity contribution in [2.24, 2.45) is 7.05 Å². The van der Waals surface area contributed by atoms with Gasteiger partial charge in [0.15, 0.2) is 5.16 Å². The highest BCUT2D eigenvalue weighted by Gasteiger charge is 2.12. The Bertz CT molecular complexity index is 568. The molecule has 0 saturated heterocycles. The average Bonchev–Trinajstić information content (AvgIpc) is 2.64. The standard InChI is InChI=1S/C9H9N5O2S/c1-13-9(11-5-12-13)17-6-2-3-8(14(15)16)7(10)4-6/h2-5H,10H2,1H3. The fourth-order valence-corrected chi connectivity index (χ4v) is 2.06. The summed E-state index contributed by atoms with van der Waals surface area (Å²) >= 11 is 1.34. The lowest BCUT2D eigenvalue weighted by molar-refractivity contribution is -0.383. The molecule has 88 valence electrons. The number of anilines is 1. The minimum Gasteiger partial charge on any atom is -0.393 e. The molecule has 2 N–H and O–H groups in total. The second-order valence-corrected chi connectivity index (χ2v) is 4.29. The molecule has 7 nitrogen and oxygen atoms in total. The van der Waals surface area contributed by atoms with Crippen LogP contribution >= 0.6 is 11.8 Å². The predicted molar refractivity (Wildman–Crippen MR) is 62.6 cm³/mol. The normalized spacial score (nSPS) is 10.4. The highest BCUT2D eigenvalue weighted by atomic mass is 32.2. The van der Waals surface area contributed by atoms with Crippen molar-refractivity contribution >= 4 is 23.1 Å². The zero-order chi connectivity index (χ0) is 12.4. The summed E-state index contributed by atoms with van der Waals surface area (Å²) < 4.78 is 1.61. The van der Waals surface area contributed by atoms with Crippen LogP contribution in [0.2, 0.25) is 0 Å². The summed E-state index contributed by atoms with van der Waals surface area (Å²) in [5.74, 6) is 0. The number of hydrogen-bond donors (Lipinski definition) is 1. The van der Waals surface area contributed by atoms with Crippen LogP contribution in [0.3, 0.4) is 0 Å². The van der Waals surface area contributed by atoms with E-state index in [2.05, 4.69) is 10.1 Å². The lowest BCUT2D eigenvalue weighted by Gasteiger charge is -2.02. The van der Waals surface area contributed by atoms with E-state index in [9.17, 15) is 10.1 Å². The lowest BCUT2D eigenvalue weighted by atomic mass is 10.3. The van der Waals surface area contributed by atoms with Gasteiger partial charge >= 0.3 is 0 Å². The first-order valence-corrected chi connectivity index (χ1v) is 5.45. The van der Waals surface area contributed by atoms with Gasteiger partial charge in [0, 0.05) is 18.0 Å². The molecule has 0 fully saturated rings. The minimum absolute atomic E-state index is 0.0904. The van der Waals surface area contributed by atoms with Crippen LogP contribution in [-0.2, 0) is 7.05 Å². The fourth-order valence-electron chi connectivity index (χ4n) is 1.25. The highest BCUT2D eigenvalue weighted by Crippen LogP contribution is 2.30. The van der Waals surface area contributed by atoms with Crippen LogP contribution in [0.4, 0.5) is 11.4 Å². The smallest absolute Gasteiger partial charge is 0.292 e. The zero-order valence-electron chi connectivity index (χ0n) is 8.90. The number of nitro groups is 1. The maximum atomic E-state index is 10.6. The van der Waals surface area contributed by atoms with Crippen molar-refractivity contribution in [3.8, 4) is 0 Å². The molecule has 1 heterocycles. The van der Waals surface area contributed by atoms with Crippen molar-refractivity contribution in [1.82, 2.24) is 14.8 Å². The van der Waals surface area contributed by atoms with Crippen LogP contribution in [0.5, 0.6) is 0 Å². The number of nitrogen functional groups attached to an aromatic ring is 1. The van der Waals surface area contributed by atoms with E-state index in [1.165, 1.54) is 24.2 Å². The van der Waals surface area contributed by atoms with E-state index in [1.807, 2.05) is 0 Å². The molecule has 0 aliphatic rings. The Labute approximate surface area is 101 Å². The van der Waals surface area contributed by atoms with Gasteiger partial charge < -0.3 is 5.73 Å². The number of aromatic nitrogens is 3. The van der Waals surface area contributed by atoms with Crippen molar-refractivity contribution in [2.45, 2.75) is 10.1 Å². The van der Waals surface area contributed by atoms with E-state index in [0.717, 1.165) is 4.90 Å². The van der Waals surface area contributed by atoms with Crippen LogP contribution in [0, 0.1) is 10.1 Å². The molecular weight excluding hydrogens is 242 g/mol. The monoisotopic (exact) mass is 251 g/mol. The molecule has 1 aromatic heterocycles. The van der Waals surface area contributed by atoms with Gasteiger partial charge in [-0.2, -0.15) is 5.10 Å². The van der Waals surface area contributed by atoms with E-state index in [-0.39, 0.29) is 11.4 Å². The van der Waals surface area contributed by atoms with Crippen LogP contribution < -0.4 is 5.73 Å². The quantitative estimate of drug-likeness (QED) is 0.503. The summed E-state index contributed by atoms with van der Waals surface area (Å²) in [4.78, 5) is 14.9. The van der Waals surface area contributed by atoms with E-state index < -0.39 is 4.92 Å². The van der Waals surface area contributed by atoms with E-state index in [4.69, 9.17) is 5.73 Å². The molecule has 0 amide bonds. The zero-order valence-corrected chi connectivity index (χ0v) is 9.72. The van der Waals surface area contributed by atoms with Crippen LogP contribution in [-0.4, -0.2) is 19.7 Å². The molecule has 0 atom stereocenters. The molecule has 17 heavy (non-hydrogen) atoms. The number of aryl methyl sites for hydroxylation is 1. The molecule has 2 rings (SSSR count). The number of hydrogen-bond acceptors (Lipinski definition) is 6. The molecule has 2 aromatic rings. The Hall–Kier alpha value is -2.09. The summed E-state index contributed by atoms with van der Waals surface area (Å²) in [5.41, 5.74) is 5.64. The topological polar surface area (TPSA) is 99.9 Å². The summed E-state index contributed by atoms with van der Waals surface area (Å²) in [6.07, 6.45) is 1.44. The third-order valence-electron chi connectivity index (χ3n) is 2.07. The molecule has 0 radical (unpaired) electrons. The summed E-state index contributed by atoms with van der Waals surface area (Å²) in [5, 5.41) is 15.2. The number of rotatable bonds is 3. The Morgan fingerprint density at radius 1 is 1.53 bits per heavy atom. The van der Waals surface area contributed by atoms with E-state index in [1.54, 1.807) is 23.9 Å². The van der Waals surface area contributed by atoms with Gasteiger partial charge in [0.2, 0.25) is 0 Å². The van der Waals surface area contributed by atoms with Gasteiger partial charge in [-0.3, -0.25) is 10.1 Å². The molecule has 0 unspecified atom stereocenters. The maximum absolute atomic E-state index is 10.6. The van der Waals surface area contributed by atoms with Crippen molar-refractivity contribution in [3.63, 3.8) is 0 Å². The van der Waals surface area contributed by atoms with E-state index in [0.29, 0.717) is 5.16 Å². The largest absolute Gasteiger partial charge is 0.393 e. The van der Waals surface area contributed by atoms with Crippen LogP contribution in [0.25, 0.3) is 0 Å². The van der Waals surface area contributed by atoms with Crippen molar-refractivity contribution in [2.75, 3.05) is 5.73 Å². The summed E-state index contributed by atoms with van der Waals surface area (Å²) in [6.45, 7) is 0. The fraction of sp³-hybridized carbons (Fsp3) is 0.111. The Kier molecular flexibility index (Phi) is 2.96. The first kappa shape index (κ1) is 11.4. The molecule has 0 spiro atoms. The first-order chi connectivity index (χ1) is 8.08. The number of nitro benzene ring substituents is 1. The number of nitrogens with zero attached hydrogens (tertiary/aromatic N) is 4. The second kappa shape index (κ2) is 4.42. The number of benzene rings is 1. The maximum Gasteiger partial charge on any atom is 0.292 e. The number of nitrogens with two attached hydrogens (primary N) is 1. The van der Waals surface area contributed by atoms with Gasteiger partial charge in [0.05, 0.1) is 4.92 Å². The molecule has 0 bridgehead atoms. The Morgan fingerprint density at radius 2 is 2.29 bits per heavy atom. The molecule has 0 saturated carbocycles. The van der Waals surface area contributed by atoms with Gasteiger partial charge in [0.25, 0.3) is 5.69 Å². The summed E-state index contributed by atoms with van der Waals surface area (Å²) in [6, 6.07) is 4.57. The minimum atomic E-state index is -0.508. The third-order valence-corrected chi connectivity index (χ3v) is 3.12. The van der Waals surface area contributed by atoms with E-state index >= 15 is 0 Å². The van der Waals surface area contributed by atoms with Gasteiger partial charge in [-0.25, -0.2) is 9.67 Å². The van der Waals surface area contributed by atoms with Crippen molar-refractivity contribution in [3.05, 3.63) is 34.6 Å². The third kappa shape index (κ3) is 2.36. The molecule has 0 aliphatic heterocycles. The Balaban J connectivity index is 2.27. The molecule has 1 aromatic carbocycles. The Morgan fingerprint density at radius 3 is 2.82 bits per heavy atom. The second-order valence-electron chi connectivity index (χ2n) is 3.25. The van der Waals surface area contributed by atoms with Gasteiger partial charge in [0.1, 0.15) is 12.0 Å². The van der Waals surface area contributed by atoms with Crippen LogP contribution in [0.1, 0.15) is 0 Å². The summed E-state index contributed by atoms with van der Waals surface area (Å²) in [7, 11) is 1.77. The molecule has 8 heteroatoms. The molecule has 0 aliphatic carbocycles. The van der Waals surface area contributed by atoms with Crippen molar-refractivity contribution in [1.29, 1.82) is 0 Å². The molecular formula is C9H9N5O2S. The van der Waals surface area contributed by atoms with Gasteiger partial charge in [-0.05, 0) is 12.1 Å². The predicted octanol–water partition coefficient (Wildman–Crippen LogP) is 1.46. The SMILES string of the molecule is Cn1ncnc1Sc1ccc([N+](=O)[O-])c(N)c1.